The van der Waals surface area contributed by atoms with Crippen molar-refractivity contribution in [1.82, 2.24) is 0 Å². The second-order valence-corrected chi connectivity index (χ2v) is 20.5. The van der Waals surface area contributed by atoms with E-state index in [1.165, 1.54) is 44.9 Å². The van der Waals surface area contributed by atoms with Gasteiger partial charge in [-0.2, -0.15) is 0 Å². The van der Waals surface area contributed by atoms with Crippen LogP contribution >= 0.6 is 7.82 Å². The van der Waals surface area contributed by atoms with Gasteiger partial charge < -0.3 is 24.2 Å². The van der Waals surface area contributed by atoms with Gasteiger partial charge in [0, 0.05) is 19.3 Å². The van der Waals surface area contributed by atoms with Crippen LogP contribution in [0.3, 0.4) is 0 Å². The molecule has 0 fully saturated rings. The van der Waals surface area contributed by atoms with Crippen molar-refractivity contribution in [3.8, 4) is 0 Å². The third-order valence-corrected chi connectivity index (χ3v) is 12.8. The number of phosphoric ester groups is 1. The first-order valence-electron chi connectivity index (χ1n) is 29.4. The summed E-state index contributed by atoms with van der Waals surface area (Å²) in [4.78, 5) is 48.6. The van der Waals surface area contributed by atoms with E-state index in [1.807, 2.05) is 0 Å². The maximum atomic E-state index is 12.9. The molecule has 432 valence electrons. The van der Waals surface area contributed by atoms with E-state index in [4.69, 9.17) is 23.3 Å². The lowest BCUT2D eigenvalue weighted by Crippen LogP contribution is -2.30. The monoisotopic (exact) mass is 1080 g/mol. The van der Waals surface area contributed by atoms with Crippen LogP contribution in [0.1, 0.15) is 226 Å². The van der Waals surface area contributed by atoms with Gasteiger partial charge in [-0.25, -0.2) is 4.57 Å². The molecule has 0 aromatic rings. The molecular formula is C64H105O11P. The van der Waals surface area contributed by atoms with Crippen LogP contribution in [0.25, 0.3) is 0 Å². The highest BCUT2D eigenvalue weighted by molar-refractivity contribution is 7.47. The summed E-state index contributed by atoms with van der Waals surface area (Å²) in [5.74, 6) is -1.55. The molecule has 0 radical (unpaired) electrons. The van der Waals surface area contributed by atoms with Crippen LogP contribution in [0.5, 0.6) is 0 Å². The largest absolute Gasteiger partial charge is 0.472 e. The van der Waals surface area contributed by atoms with Gasteiger partial charge in [0.05, 0.1) is 19.8 Å². The standard InChI is InChI=1S/C64H105O11P/c1-4-7-10-13-16-19-22-24-26-28-30-32-34-36-39-41-44-47-50-53-62(66)71-57-61(75-64(68)55-52-49-46-43-40-37-35-33-31-29-27-25-23-20-17-14-11-8-5-2)59-73-76(69,70)72-58-60(56-65)74-63(67)54-51-48-45-42-38-21-18-15-12-9-6-3/h7-8,10-11,16-17,19-20,24-27,30-33,36-37,39-40,60-61,65H,4-6,9,12-15,18,21-23,28-29,34-35,38,41-59H2,1-3H3,(H,69,70)/b10-7-,11-8-,19-16-,20-17-,26-24-,27-25-,32-30-,33-31-,39-36-,40-37-. The maximum Gasteiger partial charge on any atom is 0.472 e. The molecule has 0 aromatic heterocycles. The molecule has 0 amide bonds. The van der Waals surface area contributed by atoms with Gasteiger partial charge in [-0.05, 0) is 109 Å². The van der Waals surface area contributed by atoms with Gasteiger partial charge in [0.2, 0.25) is 0 Å². The summed E-state index contributed by atoms with van der Waals surface area (Å²) < 4.78 is 39.5. The number of ether oxygens (including phenoxy) is 3. The molecule has 11 nitrogen and oxygen atoms in total. The fourth-order valence-electron chi connectivity index (χ4n) is 7.47. The van der Waals surface area contributed by atoms with Crippen molar-refractivity contribution in [1.29, 1.82) is 0 Å². The summed E-state index contributed by atoms with van der Waals surface area (Å²) in [5.41, 5.74) is 0. The number of allylic oxidation sites excluding steroid dienone is 20. The fraction of sp³-hybridized carbons (Fsp3) is 0.641. The molecule has 3 atom stereocenters. The minimum absolute atomic E-state index is 0.115. The second kappa shape index (κ2) is 57.1. The van der Waals surface area contributed by atoms with Crippen molar-refractivity contribution in [3.05, 3.63) is 122 Å². The van der Waals surface area contributed by atoms with Gasteiger partial charge in [0.15, 0.2) is 6.10 Å². The minimum atomic E-state index is -4.77. The zero-order valence-electron chi connectivity index (χ0n) is 47.7. The Morgan fingerprint density at radius 1 is 0.382 bits per heavy atom. The van der Waals surface area contributed by atoms with Crippen LogP contribution in [0.4, 0.5) is 0 Å². The Kier molecular flexibility index (Phi) is 54.0. The van der Waals surface area contributed by atoms with E-state index in [0.717, 1.165) is 122 Å². The lowest BCUT2D eigenvalue weighted by molar-refractivity contribution is -0.161. The van der Waals surface area contributed by atoms with Gasteiger partial charge in [-0.15, -0.1) is 0 Å². The van der Waals surface area contributed by atoms with Crippen molar-refractivity contribution in [2.24, 2.45) is 0 Å². The Labute approximate surface area is 462 Å². The summed E-state index contributed by atoms with van der Waals surface area (Å²) >= 11 is 0. The van der Waals surface area contributed by atoms with E-state index in [-0.39, 0.29) is 25.9 Å². The number of aliphatic hydroxyl groups excluding tert-OH is 1. The molecular weight excluding hydrogens is 976 g/mol. The molecule has 12 heteroatoms. The molecule has 0 bridgehead atoms. The Hall–Kier alpha value is -4.12. The molecule has 0 saturated heterocycles. The Bertz CT molecular complexity index is 1740. The van der Waals surface area contributed by atoms with Gasteiger partial charge in [-0.3, -0.25) is 23.4 Å². The molecule has 0 spiro atoms. The summed E-state index contributed by atoms with van der Waals surface area (Å²) in [6.45, 7) is 4.32. The fourth-order valence-corrected chi connectivity index (χ4v) is 8.25. The lowest BCUT2D eigenvalue weighted by Gasteiger charge is -2.21. The third kappa shape index (κ3) is 54.7. The summed E-state index contributed by atoms with van der Waals surface area (Å²) in [7, 11) is -4.77. The van der Waals surface area contributed by atoms with Crippen molar-refractivity contribution in [3.63, 3.8) is 0 Å². The number of hydrogen-bond acceptors (Lipinski definition) is 10. The van der Waals surface area contributed by atoms with Crippen molar-refractivity contribution in [2.75, 3.05) is 26.4 Å². The highest BCUT2D eigenvalue weighted by atomic mass is 31.2. The van der Waals surface area contributed by atoms with Crippen LogP contribution in [0.2, 0.25) is 0 Å². The highest BCUT2D eigenvalue weighted by Crippen LogP contribution is 2.43. The second-order valence-electron chi connectivity index (χ2n) is 19.0. The average molecular weight is 1080 g/mol. The summed E-state index contributed by atoms with van der Waals surface area (Å²) in [6, 6.07) is 0. The third-order valence-electron chi connectivity index (χ3n) is 11.9. The first-order valence-corrected chi connectivity index (χ1v) is 30.9. The SMILES string of the molecule is CC/C=C\C/C=C\C/C=C\C/C=C\C/C=C\CCCCCC(=O)OCC(COP(=O)(O)OCC(CO)OC(=O)CCCCCCCCCCCCC)OC(=O)CCCCC/C=C\C/C=C\C/C=C\C/C=C\C/C=C\CC. The van der Waals surface area contributed by atoms with Crippen molar-refractivity contribution in [2.45, 2.75) is 238 Å². The molecule has 76 heavy (non-hydrogen) atoms. The minimum Gasteiger partial charge on any atom is -0.462 e. The number of rotatable bonds is 53. The van der Waals surface area contributed by atoms with E-state index in [9.17, 15) is 28.9 Å². The number of esters is 3. The van der Waals surface area contributed by atoms with Gasteiger partial charge in [0.25, 0.3) is 0 Å². The van der Waals surface area contributed by atoms with Crippen molar-refractivity contribution < 1.29 is 52.2 Å². The molecule has 0 heterocycles. The number of carbonyl (C=O) groups is 3. The van der Waals surface area contributed by atoms with Gasteiger partial charge in [-0.1, -0.05) is 219 Å². The molecule has 0 aliphatic rings. The quantitative estimate of drug-likeness (QED) is 0.0197. The Morgan fingerprint density at radius 2 is 0.684 bits per heavy atom. The molecule has 0 rings (SSSR count). The summed E-state index contributed by atoms with van der Waals surface area (Å²) in [5, 5.41) is 9.80. The van der Waals surface area contributed by atoms with E-state index in [0.29, 0.717) is 19.3 Å². The van der Waals surface area contributed by atoms with E-state index < -0.39 is 57.8 Å². The molecule has 0 saturated carbocycles. The smallest absolute Gasteiger partial charge is 0.462 e. The average Bonchev–Trinajstić information content (AvgIpc) is 3.41. The van der Waals surface area contributed by atoms with Crippen LogP contribution < -0.4 is 0 Å². The normalized spacial score (nSPS) is 14.2. The Morgan fingerprint density at radius 3 is 1.05 bits per heavy atom. The summed E-state index contributed by atoms with van der Waals surface area (Å²) in [6.07, 6.45) is 70.2. The van der Waals surface area contributed by atoms with E-state index in [2.05, 4.69) is 142 Å². The molecule has 2 N–H and O–H groups in total. The number of carbonyl (C=O) groups excluding carboxylic acids is 3. The predicted octanol–water partition coefficient (Wildman–Crippen LogP) is 17.6. The number of aliphatic hydroxyl groups is 1. The molecule has 0 aromatic carbocycles. The molecule has 0 aliphatic carbocycles. The van der Waals surface area contributed by atoms with Crippen LogP contribution in [0.15, 0.2) is 122 Å². The zero-order valence-corrected chi connectivity index (χ0v) is 48.6. The number of hydrogen-bond donors (Lipinski definition) is 2. The van der Waals surface area contributed by atoms with Crippen LogP contribution in [0, 0.1) is 0 Å². The topological polar surface area (TPSA) is 155 Å². The Balaban J connectivity index is 4.86. The highest BCUT2D eigenvalue weighted by Gasteiger charge is 2.28. The van der Waals surface area contributed by atoms with Crippen LogP contribution in [-0.4, -0.2) is 66.5 Å². The van der Waals surface area contributed by atoms with E-state index in [1.54, 1.807) is 0 Å². The molecule has 3 unspecified atom stereocenters. The number of unbranched alkanes of at least 4 members (excludes halogenated alkanes) is 16. The van der Waals surface area contributed by atoms with E-state index >= 15 is 0 Å². The predicted molar refractivity (Wildman–Crippen MR) is 316 cm³/mol. The lowest BCUT2D eigenvalue weighted by atomic mass is 10.1. The van der Waals surface area contributed by atoms with Gasteiger partial charge in [0.1, 0.15) is 12.7 Å². The maximum absolute atomic E-state index is 12.9. The molecule has 0 aliphatic heterocycles. The van der Waals surface area contributed by atoms with Gasteiger partial charge >= 0.3 is 25.7 Å². The van der Waals surface area contributed by atoms with Crippen LogP contribution in [-0.2, 0) is 42.2 Å². The first-order chi connectivity index (χ1) is 37.2. The number of phosphoric acid groups is 1. The first kappa shape index (κ1) is 71.9. The zero-order chi connectivity index (χ0) is 55.5. The van der Waals surface area contributed by atoms with Crippen molar-refractivity contribution >= 4 is 25.7 Å².